The van der Waals surface area contributed by atoms with Crippen LogP contribution in [0.15, 0.2) is 11.8 Å². The van der Waals surface area contributed by atoms with Crippen molar-refractivity contribution in [3.05, 3.63) is 11.8 Å². The molecule has 3 N–H and O–H groups in total. The Morgan fingerprint density at radius 3 is 3.20 bits per heavy atom. The van der Waals surface area contributed by atoms with Gasteiger partial charge < -0.3 is 11.1 Å². The van der Waals surface area contributed by atoms with Gasteiger partial charge in [-0.3, -0.25) is 0 Å². The van der Waals surface area contributed by atoms with Crippen LogP contribution in [0.5, 0.6) is 0 Å². The second kappa shape index (κ2) is 3.17. The average molecular weight is 136 g/mol. The van der Waals surface area contributed by atoms with E-state index in [4.69, 9.17) is 5.73 Å². The molecular weight excluding hydrogens is 124 g/mol. The third-order valence-electron chi connectivity index (χ3n) is 1.54. The first-order valence-electron chi connectivity index (χ1n) is 3.47. The van der Waals surface area contributed by atoms with Gasteiger partial charge in [-0.1, -0.05) is 6.92 Å². The number of hydrogen-bond donors (Lipinski definition) is 2. The zero-order chi connectivity index (χ0) is 7.40. The Kier molecular flexibility index (Phi) is 2.22. The van der Waals surface area contributed by atoms with E-state index in [9.17, 15) is 0 Å². The molecule has 0 fully saturated rings. The van der Waals surface area contributed by atoms with Gasteiger partial charge in [0.25, 0.3) is 0 Å². The highest BCUT2D eigenvalue weighted by Gasteiger charge is 2.07. The molecule has 1 atom stereocenters. The van der Waals surface area contributed by atoms with Crippen LogP contribution < -0.4 is 11.1 Å². The van der Waals surface area contributed by atoms with Crippen LogP contribution in [0, 0.1) is 17.9 Å². The van der Waals surface area contributed by atoms with Crippen molar-refractivity contribution in [2.45, 2.75) is 13.3 Å². The standard InChI is InChI=1S/C8H12N2/c1-7-4-8(2-3-9)6-10-5-7/h6-7,10H,4-5,9H2,1H3. The van der Waals surface area contributed by atoms with E-state index in [0.29, 0.717) is 5.92 Å². The van der Waals surface area contributed by atoms with Crippen molar-refractivity contribution in [3.63, 3.8) is 0 Å². The lowest BCUT2D eigenvalue weighted by molar-refractivity contribution is 0.530. The topological polar surface area (TPSA) is 38.0 Å². The van der Waals surface area contributed by atoms with Crippen LogP contribution >= 0.6 is 0 Å². The van der Waals surface area contributed by atoms with E-state index < -0.39 is 0 Å². The molecule has 10 heavy (non-hydrogen) atoms. The highest BCUT2D eigenvalue weighted by molar-refractivity contribution is 5.28. The third-order valence-corrected chi connectivity index (χ3v) is 1.54. The van der Waals surface area contributed by atoms with Gasteiger partial charge in [0, 0.05) is 24.4 Å². The first-order valence-corrected chi connectivity index (χ1v) is 3.47. The average Bonchev–Trinajstić information content (AvgIpc) is 1.88. The number of rotatable bonds is 0. The van der Waals surface area contributed by atoms with Gasteiger partial charge in [-0.15, -0.1) is 0 Å². The first kappa shape index (κ1) is 7.01. The zero-order valence-electron chi connectivity index (χ0n) is 6.15. The fraction of sp³-hybridized carbons (Fsp3) is 0.500. The summed E-state index contributed by atoms with van der Waals surface area (Å²) in [5.74, 6) is 3.52. The fourth-order valence-corrected chi connectivity index (χ4v) is 1.07. The van der Waals surface area contributed by atoms with Gasteiger partial charge in [0.1, 0.15) is 0 Å². The third kappa shape index (κ3) is 1.70. The van der Waals surface area contributed by atoms with Crippen molar-refractivity contribution in [2.24, 2.45) is 11.7 Å². The summed E-state index contributed by atoms with van der Waals surface area (Å²) < 4.78 is 0. The summed E-state index contributed by atoms with van der Waals surface area (Å²) in [6.07, 6.45) is 3.00. The van der Waals surface area contributed by atoms with Crippen LogP contribution in [-0.4, -0.2) is 6.54 Å². The largest absolute Gasteiger partial charge is 0.390 e. The molecule has 0 aromatic rings. The lowest BCUT2D eigenvalue weighted by Gasteiger charge is -2.16. The molecule has 1 heterocycles. The molecule has 0 saturated heterocycles. The second-order valence-electron chi connectivity index (χ2n) is 2.66. The molecule has 2 heteroatoms. The van der Waals surface area contributed by atoms with Crippen LogP contribution in [0.3, 0.4) is 0 Å². The molecule has 0 spiro atoms. The zero-order valence-corrected chi connectivity index (χ0v) is 6.15. The fourth-order valence-electron chi connectivity index (χ4n) is 1.07. The Morgan fingerprint density at radius 2 is 2.60 bits per heavy atom. The molecule has 2 nitrogen and oxygen atoms in total. The molecule has 1 unspecified atom stereocenters. The Morgan fingerprint density at radius 1 is 1.80 bits per heavy atom. The summed E-state index contributed by atoms with van der Waals surface area (Å²) in [6.45, 7) is 3.24. The molecule has 0 bridgehead atoms. The highest BCUT2D eigenvalue weighted by Crippen LogP contribution is 2.12. The molecule has 0 radical (unpaired) electrons. The van der Waals surface area contributed by atoms with Crippen molar-refractivity contribution < 1.29 is 0 Å². The van der Waals surface area contributed by atoms with E-state index in [2.05, 4.69) is 24.2 Å². The van der Waals surface area contributed by atoms with E-state index in [1.165, 1.54) is 0 Å². The maximum Gasteiger partial charge on any atom is 0.0199 e. The predicted octanol–water partition coefficient (Wildman–Crippen LogP) is 0.419. The van der Waals surface area contributed by atoms with E-state index in [1.54, 1.807) is 0 Å². The molecular formula is C8H12N2. The Hall–Kier alpha value is -1.10. The van der Waals surface area contributed by atoms with E-state index in [1.807, 2.05) is 6.20 Å². The van der Waals surface area contributed by atoms with Crippen molar-refractivity contribution in [1.82, 2.24) is 5.32 Å². The van der Waals surface area contributed by atoms with Crippen LogP contribution in [0.4, 0.5) is 0 Å². The first-order chi connectivity index (χ1) is 4.83. The molecule has 1 aliphatic heterocycles. The molecule has 1 rings (SSSR count). The predicted molar refractivity (Wildman–Crippen MR) is 41.8 cm³/mol. The molecule has 54 valence electrons. The molecule has 0 aromatic carbocycles. The van der Waals surface area contributed by atoms with Gasteiger partial charge in [-0.2, -0.15) is 0 Å². The summed E-state index contributed by atoms with van der Waals surface area (Å²) >= 11 is 0. The number of nitrogens with one attached hydrogen (secondary N) is 1. The van der Waals surface area contributed by atoms with Crippen molar-refractivity contribution >= 4 is 0 Å². The minimum absolute atomic E-state index is 0.681. The van der Waals surface area contributed by atoms with E-state index in [-0.39, 0.29) is 0 Å². The normalized spacial score (nSPS) is 23.7. The summed E-state index contributed by atoms with van der Waals surface area (Å²) in [6, 6.07) is 2.40. The van der Waals surface area contributed by atoms with Gasteiger partial charge in [0.05, 0.1) is 0 Å². The number of allylic oxidation sites excluding steroid dienone is 1. The van der Waals surface area contributed by atoms with Crippen molar-refractivity contribution in [3.8, 4) is 12.0 Å². The molecule has 1 aliphatic rings. The van der Waals surface area contributed by atoms with Gasteiger partial charge in [-0.05, 0) is 18.3 Å². The van der Waals surface area contributed by atoms with Gasteiger partial charge in [0.15, 0.2) is 0 Å². The quantitative estimate of drug-likeness (QED) is 0.374. The van der Waals surface area contributed by atoms with Crippen molar-refractivity contribution in [1.29, 1.82) is 0 Å². The van der Waals surface area contributed by atoms with Gasteiger partial charge >= 0.3 is 0 Å². The minimum atomic E-state index is 0.681. The Labute approximate surface area is 61.5 Å². The summed E-state index contributed by atoms with van der Waals surface area (Å²) in [5, 5.41) is 3.15. The SMILES string of the molecule is CC1CNC=C(C#CN)C1. The van der Waals surface area contributed by atoms with Crippen molar-refractivity contribution in [2.75, 3.05) is 6.54 Å². The summed E-state index contributed by atoms with van der Waals surface area (Å²) in [7, 11) is 0. The van der Waals surface area contributed by atoms with Crippen LogP contribution in [-0.2, 0) is 0 Å². The lowest BCUT2D eigenvalue weighted by Crippen LogP contribution is -2.21. The van der Waals surface area contributed by atoms with E-state index in [0.717, 1.165) is 18.5 Å². The van der Waals surface area contributed by atoms with Crippen LogP contribution in [0.1, 0.15) is 13.3 Å². The Bertz CT molecular complexity index is 195. The molecule has 0 saturated carbocycles. The van der Waals surface area contributed by atoms with Crippen LogP contribution in [0.2, 0.25) is 0 Å². The van der Waals surface area contributed by atoms with Gasteiger partial charge in [0.2, 0.25) is 0 Å². The second-order valence-corrected chi connectivity index (χ2v) is 2.66. The smallest absolute Gasteiger partial charge is 0.0199 e. The lowest BCUT2D eigenvalue weighted by atomic mass is 10.00. The molecule has 0 amide bonds. The summed E-state index contributed by atoms with van der Waals surface area (Å²) in [5.41, 5.74) is 6.19. The monoisotopic (exact) mass is 136 g/mol. The Balaban J connectivity index is 2.57. The molecule has 0 aromatic heterocycles. The van der Waals surface area contributed by atoms with Gasteiger partial charge in [-0.25, -0.2) is 0 Å². The number of nitrogens with two attached hydrogens (primary N) is 1. The maximum absolute atomic E-state index is 5.08. The molecule has 0 aliphatic carbocycles. The maximum atomic E-state index is 5.08. The van der Waals surface area contributed by atoms with E-state index >= 15 is 0 Å². The highest BCUT2D eigenvalue weighted by atomic mass is 14.8. The number of hydrogen-bond acceptors (Lipinski definition) is 2. The summed E-state index contributed by atoms with van der Waals surface area (Å²) in [4.78, 5) is 0. The minimum Gasteiger partial charge on any atom is -0.390 e. The van der Waals surface area contributed by atoms with Crippen LogP contribution in [0.25, 0.3) is 0 Å².